The van der Waals surface area contributed by atoms with Gasteiger partial charge in [0.05, 0.1) is 16.9 Å². The number of likely N-dealkylation sites (tertiary alicyclic amines) is 1. The number of nitrogens with one attached hydrogen (secondary N) is 2. The molecule has 15 heteroatoms. The van der Waals surface area contributed by atoms with Crippen LogP contribution in [0.1, 0.15) is 42.4 Å². The summed E-state index contributed by atoms with van der Waals surface area (Å²) in [5.41, 5.74) is 4.93. The number of hydrogen-bond acceptors (Lipinski definition) is 8. The van der Waals surface area contributed by atoms with Gasteiger partial charge in [0, 0.05) is 74.6 Å². The Labute approximate surface area is 279 Å². The molecule has 3 fully saturated rings. The SMILES string of the molecule is Nc1c(Br)cc(C[C@@H](OC(=O)N2CCC3(CC2)OC(=O)Nc2ccccc23)C(=O)N2CCN(C3CCNCC3)CC2)cc1C(F)(F)F. The predicted molar refractivity (Wildman–Crippen MR) is 171 cm³/mol. The standard InChI is InChI=1S/C32H38BrF3N6O5/c33-24-18-20(17-23(27(24)37)32(34,35)36)19-26(28(43)41-15-13-40(14-16-41)21-5-9-38-10-6-21)46-30(45)42-11-7-31(8-12-42)22-3-1-2-4-25(22)39-29(44)47-31/h1-4,17-18,21,26,38H,5-16,19,37H2,(H,39,44)/t26-/m1/s1. The highest BCUT2D eigenvalue weighted by atomic mass is 79.9. The van der Waals surface area contributed by atoms with Gasteiger partial charge in [-0.05, 0) is 65.6 Å². The zero-order chi connectivity index (χ0) is 33.3. The van der Waals surface area contributed by atoms with Crippen LogP contribution in [0.2, 0.25) is 0 Å². The Morgan fingerprint density at radius 3 is 2.40 bits per heavy atom. The van der Waals surface area contributed by atoms with Gasteiger partial charge in [-0.25, -0.2) is 9.59 Å². The van der Waals surface area contributed by atoms with Crippen LogP contribution in [0.15, 0.2) is 40.9 Å². The number of para-hydroxylation sites is 1. The van der Waals surface area contributed by atoms with Crippen LogP contribution < -0.4 is 16.4 Å². The lowest BCUT2D eigenvalue weighted by molar-refractivity contribution is -0.143. The number of carbonyl (C=O) groups is 3. The highest BCUT2D eigenvalue weighted by Crippen LogP contribution is 2.43. The molecular formula is C32H38BrF3N6O5. The number of piperazine rings is 1. The predicted octanol–water partition coefficient (Wildman–Crippen LogP) is 4.55. The molecule has 254 valence electrons. The first-order valence-corrected chi connectivity index (χ1v) is 16.7. The van der Waals surface area contributed by atoms with E-state index in [9.17, 15) is 27.6 Å². The van der Waals surface area contributed by atoms with Crippen molar-refractivity contribution in [3.8, 4) is 0 Å². The average molecular weight is 724 g/mol. The maximum absolute atomic E-state index is 13.9. The summed E-state index contributed by atoms with van der Waals surface area (Å²) in [5, 5.41) is 6.06. The second-order valence-corrected chi connectivity index (χ2v) is 13.4. The fourth-order valence-electron chi connectivity index (χ4n) is 7.08. The fraction of sp³-hybridized carbons (Fsp3) is 0.531. The molecule has 47 heavy (non-hydrogen) atoms. The van der Waals surface area contributed by atoms with Gasteiger partial charge in [0.15, 0.2) is 6.10 Å². The minimum atomic E-state index is -4.72. The molecule has 3 amide bonds. The second kappa shape index (κ2) is 13.5. The third-order valence-corrected chi connectivity index (χ3v) is 10.3. The molecule has 0 aliphatic carbocycles. The Hall–Kier alpha value is -3.56. The van der Waals surface area contributed by atoms with Crippen LogP contribution in [0.25, 0.3) is 0 Å². The second-order valence-electron chi connectivity index (χ2n) is 12.5. The molecule has 0 unspecified atom stereocenters. The monoisotopic (exact) mass is 722 g/mol. The van der Waals surface area contributed by atoms with E-state index in [0.717, 1.165) is 37.6 Å². The number of benzene rings is 2. The molecule has 4 aliphatic heterocycles. The van der Waals surface area contributed by atoms with Gasteiger partial charge in [0.25, 0.3) is 5.91 Å². The van der Waals surface area contributed by atoms with E-state index >= 15 is 0 Å². The zero-order valence-electron chi connectivity index (χ0n) is 25.8. The summed E-state index contributed by atoms with van der Waals surface area (Å²) >= 11 is 3.11. The number of carbonyl (C=O) groups excluding carboxylic acids is 3. The summed E-state index contributed by atoms with van der Waals surface area (Å²) in [6.07, 6.45) is -5.00. The summed E-state index contributed by atoms with van der Waals surface area (Å²) in [6.45, 7) is 4.41. The Morgan fingerprint density at radius 2 is 1.72 bits per heavy atom. The van der Waals surface area contributed by atoms with Gasteiger partial charge in [-0.15, -0.1) is 0 Å². The summed E-state index contributed by atoms with van der Waals surface area (Å²) in [4.78, 5) is 45.3. The molecule has 6 rings (SSSR count). The van der Waals surface area contributed by atoms with Crippen molar-refractivity contribution in [2.24, 2.45) is 0 Å². The first-order chi connectivity index (χ1) is 22.4. The van der Waals surface area contributed by atoms with Crippen LogP contribution in [0.4, 0.5) is 34.1 Å². The number of ether oxygens (including phenoxy) is 2. The zero-order valence-corrected chi connectivity index (χ0v) is 27.4. The smallest absolute Gasteiger partial charge is 0.418 e. The maximum atomic E-state index is 13.9. The largest absolute Gasteiger partial charge is 0.438 e. The number of halogens is 4. The van der Waals surface area contributed by atoms with Gasteiger partial charge >= 0.3 is 18.4 Å². The van der Waals surface area contributed by atoms with E-state index in [-0.39, 0.29) is 29.5 Å². The average Bonchev–Trinajstić information content (AvgIpc) is 3.06. The molecule has 3 saturated heterocycles. The van der Waals surface area contributed by atoms with Crippen LogP contribution in [0, 0.1) is 0 Å². The van der Waals surface area contributed by atoms with Gasteiger partial charge in [-0.2, -0.15) is 13.2 Å². The number of rotatable bonds is 5. The first kappa shape index (κ1) is 33.3. The van der Waals surface area contributed by atoms with Crippen molar-refractivity contribution in [3.63, 3.8) is 0 Å². The molecule has 1 atom stereocenters. The normalized spacial score (nSPS) is 21.1. The van der Waals surface area contributed by atoms with Crippen LogP contribution >= 0.6 is 15.9 Å². The molecule has 2 aromatic carbocycles. The fourth-order valence-corrected chi connectivity index (χ4v) is 7.59. The number of nitrogens with zero attached hydrogens (tertiary/aromatic N) is 3. The van der Waals surface area contributed by atoms with Gasteiger partial charge in [0.1, 0.15) is 5.60 Å². The minimum absolute atomic E-state index is 0.0357. The molecule has 2 aromatic rings. The van der Waals surface area contributed by atoms with E-state index in [0.29, 0.717) is 50.7 Å². The molecule has 0 aromatic heterocycles. The molecule has 4 N–H and O–H groups in total. The number of hydrogen-bond donors (Lipinski definition) is 3. The van der Waals surface area contributed by atoms with E-state index < -0.39 is 47.2 Å². The number of piperidine rings is 2. The molecule has 11 nitrogen and oxygen atoms in total. The third kappa shape index (κ3) is 7.16. The summed E-state index contributed by atoms with van der Waals surface area (Å²) < 4.78 is 53.0. The van der Waals surface area contributed by atoms with E-state index in [1.54, 1.807) is 11.0 Å². The third-order valence-electron chi connectivity index (χ3n) is 9.66. The molecule has 4 heterocycles. The van der Waals surface area contributed by atoms with E-state index in [1.807, 2.05) is 18.2 Å². The molecule has 0 bridgehead atoms. The van der Waals surface area contributed by atoms with Crippen LogP contribution in [0.5, 0.6) is 0 Å². The minimum Gasteiger partial charge on any atom is -0.438 e. The summed E-state index contributed by atoms with van der Waals surface area (Å²) in [5.74, 6) is -0.459. The number of fused-ring (bicyclic) bond motifs is 2. The molecular weight excluding hydrogens is 685 g/mol. The van der Waals surface area contributed by atoms with Crippen LogP contribution in [-0.4, -0.2) is 97.3 Å². The van der Waals surface area contributed by atoms with E-state index in [4.69, 9.17) is 15.2 Å². The van der Waals surface area contributed by atoms with Crippen molar-refractivity contribution < 1.29 is 37.0 Å². The Balaban J connectivity index is 1.18. The molecule has 0 radical (unpaired) electrons. The van der Waals surface area contributed by atoms with Gasteiger partial charge in [-0.1, -0.05) is 18.2 Å². The highest BCUT2D eigenvalue weighted by Gasteiger charge is 2.46. The van der Waals surface area contributed by atoms with Crippen molar-refractivity contribution in [1.29, 1.82) is 0 Å². The molecule has 1 spiro atoms. The van der Waals surface area contributed by atoms with Crippen molar-refractivity contribution in [2.75, 3.05) is 63.4 Å². The Kier molecular flexibility index (Phi) is 9.59. The number of anilines is 2. The van der Waals surface area contributed by atoms with E-state index in [2.05, 4.69) is 31.5 Å². The lowest BCUT2D eigenvalue weighted by Gasteiger charge is -2.44. The lowest BCUT2D eigenvalue weighted by Crippen LogP contribution is -2.56. The van der Waals surface area contributed by atoms with E-state index in [1.165, 1.54) is 11.0 Å². The van der Waals surface area contributed by atoms with Crippen LogP contribution in [-0.2, 0) is 32.5 Å². The van der Waals surface area contributed by atoms with Crippen molar-refractivity contribution in [3.05, 3.63) is 57.6 Å². The Bertz CT molecular complexity index is 1500. The van der Waals surface area contributed by atoms with Crippen molar-refractivity contribution >= 4 is 45.4 Å². The van der Waals surface area contributed by atoms with Crippen LogP contribution in [0.3, 0.4) is 0 Å². The lowest BCUT2D eigenvalue weighted by atomic mass is 9.82. The maximum Gasteiger partial charge on any atom is 0.418 e. The number of amides is 3. The number of nitrogens with two attached hydrogens (primary N) is 1. The van der Waals surface area contributed by atoms with Crippen molar-refractivity contribution in [1.82, 2.24) is 20.0 Å². The molecule has 0 saturated carbocycles. The number of alkyl halides is 3. The quantitative estimate of drug-likeness (QED) is 0.384. The first-order valence-electron chi connectivity index (χ1n) is 15.9. The van der Waals surface area contributed by atoms with Gasteiger partial charge in [-0.3, -0.25) is 15.0 Å². The number of nitrogen functional groups attached to an aromatic ring is 1. The molecule has 4 aliphatic rings. The van der Waals surface area contributed by atoms with Gasteiger partial charge in [0.2, 0.25) is 0 Å². The van der Waals surface area contributed by atoms with Crippen molar-refractivity contribution in [2.45, 2.75) is 56.0 Å². The van der Waals surface area contributed by atoms with Gasteiger partial charge < -0.3 is 30.3 Å². The summed E-state index contributed by atoms with van der Waals surface area (Å²) in [7, 11) is 0. The Morgan fingerprint density at radius 1 is 1.04 bits per heavy atom. The highest BCUT2D eigenvalue weighted by molar-refractivity contribution is 9.10. The summed E-state index contributed by atoms with van der Waals surface area (Å²) in [6, 6.07) is 10.1. The topological polar surface area (TPSA) is 129 Å².